The van der Waals surface area contributed by atoms with E-state index in [1.54, 1.807) is 0 Å². The maximum atomic E-state index is 13.1. The summed E-state index contributed by atoms with van der Waals surface area (Å²) in [6.45, 7) is 7.60. The van der Waals surface area contributed by atoms with E-state index in [9.17, 15) is 14.4 Å². The quantitative estimate of drug-likeness (QED) is 0.359. The van der Waals surface area contributed by atoms with Crippen molar-refractivity contribution in [2.75, 3.05) is 6.61 Å². The standard InChI is InChI=1S/C26H34O6/c1-5-6-11-30-18-12-17-7-8-19-20(24(17)22(13-18)31-15(2)27)9-10-26(4)21(19)14-23(25(26)29)32-16(3)28/h12-13,19-21,23H,5-11,14H2,1-4H3/t19-,20+,21+,23+,26+/m1/s1. The minimum atomic E-state index is -0.634. The molecule has 0 radical (unpaired) electrons. The lowest BCUT2D eigenvalue weighted by Gasteiger charge is -2.48. The van der Waals surface area contributed by atoms with Gasteiger partial charge in [0.1, 0.15) is 11.5 Å². The summed E-state index contributed by atoms with van der Waals surface area (Å²) in [4.78, 5) is 36.6. The first kappa shape index (κ1) is 22.8. The number of benzene rings is 1. The molecule has 174 valence electrons. The second-order valence-corrected chi connectivity index (χ2v) is 9.86. The van der Waals surface area contributed by atoms with Gasteiger partial charge in [0.05, 0.1) is 6.61 Å². The normalized spacial score (nSPS) is 30.7. The molecule has 0 aliphatic heterocycles. The molecule has 4 rings (SSSR count). The van der Waals surface area contributed by atoms with Gasteiger partial charge >= 0.3 is 11.9 Å². The summed E-state index contributed by atoms with van der Waals surface area (Å²) in [6, 6.07) is 3.96. The third kappa shape index (κ3) is 4.04. The summed E-state index contributed by atoms with van der Waals surface area (Å²) >= 11 is 0. The first-order valence-electron chi connectivity index (χ1n) is 11.9. The smallest absolute Gasteiger partial charge is 0.308 e. The topological polar surface area (TPSA) is 78.9 Å². The molecule has 3 aliphatic carbocycles. The van der Waals surface area contributed by atoms with Crippen LogP contribution < -0.4 is 9.47 Å². The largest absolute Gasteiger partial charge is 0.493 e. The lowest BCUT2D eigenvalue weighted by Crippen LogP contribution is -2.43. The van der Waals surface area contributed by atoms with Gasteiger partial charge in [-0.05, 0) is 67.9 Å². The zero-order valence-corrected chi connectivity index (χ0v) is 19.6. The van der Waals surface area contributed by atoms with Crippen LogP contribution in [0.15, 0.2) is 12.1 Å². The zero-order chi connectivity index (χ0) is 23.0. The fourth-order valence-corrected chi connectivity index (χ4v) is 6.38. The van der Waals surface area contributed by atoms with Crippen LogP contribution in [-0.2, 0) is 25.5 Å². The molecule has 3 aliphatic rings. The van der Waals surface area contributed by atoms with Gasteiger partial charge in [0.2, 0.25) is 0 Å². The molecule has 5 atom stereocenters. The molecular weight excluding hydrogens is 408 g/mol. The first-order valence-corrected chi connectivity index (χ1v) is 11.9. The van der Waals surface area contributed by atoms with E-state index in [0.717, 1.165) is 49.8 Å². The molecule has 32 heavy (non-hydrogen) atoms. The highest BCUT2D eigenvalue weighted by Crippen LogP contribution is 2.61. The van der Waals surface area contributed by atoms with Gasteiger partial charge in [0, 0.05) is 30.9 Å². The Balaban J connectivity index is 1.66. The number of ketones is 1. The van der Waals surface area contributed by atoms with Gasteiger partial charge in [0.25, 0.3) is 0 Å². The van der Waals surface area contributed by atoms with Gasteiger partial charge in [-0.2, -0.15) is 0 Å². The van der Waals surface area contributed by atoms with E-state index in [2.05, 4.69) is 13.0 Å². The molecule has 0 bridgehead atoms. The first-order chi connectivity index (χ1) is 15.2. The monoisotopic (exact) mass is 442 g/mol. The number of esters is 2. The van der Waals surface area contributed by atoms with Gasteiger partial charge in [-0.25, -0.2) is 0 Å². The van der Waals surface area contributed by atoms with Crippen LogP contribution in [0.5, 0.6) is 11.5 Å². The molecule has 0 amide bonds. The van der Waals surface area contributed by atoms with Crippen LogP contribution in [0.3, 0.4) is 0 Å². The van der Waals surface area contributed by atoms with Crippen molar-refractivity contribution in [1.82, 2.24) is 0 Å². The Bertz CT molecular complexity index is 921. The van der Waals surface area contributed by atoms with E-state index in [1.165, 1.54) is 19.4 Å². The van der Waals surface area contributed by atoms with E-state index in [4.69, 9.17) is 14.2 Å². The highest BCUT2D eigenvalue weighted by molar-refractivity contribution is 5.93. The van der Waals surface area contributed by atoms with E-state index in [0.29, 0.717) is 24.7 Å². The number of Topliss-reactive ketones (excluding diaryl/α,β-unsaturated/α-hetero) is 1. The van der Waals surface area contributed by atoms with Crippen LogP contribution in [0.4, 0.5) is 0 Å². The fraction of sp³-hybridized carbons (Fsp3) is 0.654. The summed E-state index contributed by atoms with van der Waals surface area (Å²) in [5.41, 5.74) is 1.83. The van der Waals surface area contributed by atoms with E-state index >= 15 is 0 Å². The van der Waals surface area contributed by atoms with Gasteiger partial charge in [-0.15, -0.1) is 0 Å². The van der Waals surface area contributed by atoms with Crippen LogP contribution >= 0.6 is 0 Å². The van der Waals surface area contributed by atoms with E-state index in [-0.39, 0.29) is 23.6 Å². The molecular formula is C26H34O6. The number of ether oxygens (including phenoxy) is 3. The minimum Gasteiger partial charge on any atom is -0.493 e. The molecule has 2 fully saturated rings. The maximum absolute atomic E-state index is 13.1. The summed E-state index contributed by atoms with van der Waals surface area (Å²) in [5, 5.41) is 0. The average molecular weight is 443 g/mol. The SMILES string of the molecule is CCCCOc1cc2c(c(OC(C)=O)c1)[C@H]1CC[C@]3(C)C(=O)[C@@H](OC(C)=O)C[C@H]3[C@@H]1CC2. The Morgan fingerprint density at radius 1 is 1.16 bits per heavy atom. The van der Waals surface area contributed by atoms with Crippen molar-refractivity contribution in [2.45, 2.75) is 84.7 Å². The summed E-state index contributed by atoms with van der Waals surface area (Å²) in [7, 11) is 0. The fourth-order valence-electron chi connectivity index (χ4n) is 6.38. The third-order valence-electron chi connectivity index (χ3n) is 7.80. The van der Waals surface area contributed by atoms with Crippen molar-refractivity contribution in [2.24, 2.45) is 17.3 Å². The van der Waals surface area contributed by atoms with Crippen molar-refractivity contribution in [3.05, 3.63) is 23.3 Å². The van der Waals surface area contributed by atoms with E-state index in [1.807, 2.05) is 13.0 Å². The molecule has 1 aromatic rings. The van der Waals surface area contributed by atoms with Gasteiger partial charge in [-0.3, -0.25) is 14.4 Å². The highest BCUT2D eigenvalue weighted by Gasteiger charge is 2.59. The number of hydrogen-bond acceptors (Lipinski definition) is 6. The maximum Gasteiger partial charge on any atom is 0.308 e. The summed E-state index contributed by atoms with van der Waals surface area (Å²) < 4.78 is 17.0. The molecule has 0 unspecified atom stereocenters. The van der Waals surface area contributed by atoms with Gasteiger partial charge in [0.15, 0.2) is 11.9 Å². The number of carbonyl (C=O) groups is 3. The van der Waals surface area contributed by atoms with Crippen molar-refractivity contribution < 1.29 is 28.6 Å². The van der Waals surface area contributed by atoms with Crippen LogP contribution in [0, 0.1) is 17.3 Å². The lowest BCUT2D eigenvalue weighted by molar-refractivity contribution is -0.153. The molecule has 6 heteroatoms. The van der Waals surface area contributed by atoms with Crippen molar-refractivity contribution >= 4 is 17.7 Å². The molecule has 0 heterocycles. The number of aryl methyl sites for hydroxylation is 1. The van der Waals surface area contributed by atoms with Crippen LogP contribution in [0.1, 0.15) is 83.3 Å². The molecule has 0 spiro atoms. The highest BCUT2D eigenvalue weighted by atomic mass is 16.5. The molecule has 0 N–H and O–H groups in total. The Hall–Kier alpha value is -2.37. The number of rotatable bonds is 6. The number of hydrogen-bond donors (Lipinski definition) is 0. The lowest BCUT2D eigenvalue weighted by atomic mass is 9.55. The Morgan fingerprint density at radius 3 is 2.62 bits per heavy atom. The summed E-state index contributed by atoms with van der Waals surface area (Å²) in [5.74, 6) is 1.36. The van der Waals surface area contributed by atoms with Crippen molar-refractivity contribution in [3.8, 4) is 11.5 Å². The Kier molecular flexibility index (Phi) is 6.33. The van der Waals surface area contributed by atoms with Gasteiger partial charge in [-0.1, -0.05) is 20.3 Å². The molecule has 2 saturated carbocycles. The van der Waals surface area contributed by atoms with Crippen LogP contribution in [0.25, 0.3) is 0 Å². The van der Waals surface area contributed by atoms with Crippen molar-refractivity contribution in [3.63, 3.8) is 0 Å². The second kappa shape index (κ2) is 8.87. The second-order valence-electron chi connectivity index (χ2n) is 9.86. The molecule has 1 aromatic carbocycles. The molecule has 0 saturated heterocycles. The predicted molar refractivity (Wildman–Crippen MR) is 119 cm³/mol. The minimum absolute atomic E-state index is 0.0711. The van der Waals surface area contributed by atoms with Crippen molar-refractivity contribution in [1.29, 1.82) is 0 Å². The van der Waals surface area contributed by atoms with Gasteiger partial charge < -0.3 is 14.2 Å². The summed E-state index contributed by atoms with van der Waals surface area (Å²) in [6.07, 6.45) is 5.42. The van der Waals surface area contributed by atoms with E-state index < -0.39 is 17.5 Å². The van der Waals surface area contributed by atoms with Crippen LogP contribution in [-0.4, -0.2) is 30.4 Å². The number of unbranched alkanes of at least 4 members (excludes halogenated alkanes) is 1. The number of carbonyl (C=O) groups excluding carboxylic acids is 3. The average Bonchev–Trinajstić information content (AvgIpc) is 2.97. The molecule has 6 nitrogen and oxygen atoms in total. The predicted octanol–water partition coefficient (Wildman–Crippen LogP) is 4.76. The number of fused-ring (bicyclic) bond motifs is 5. The zero-order valence-electron chi connectivity index (χ0n) is 19.6. The Labute approximate surface area is 190 Å². The van der Waals surface area contributed by atoms with Crippen LogP contribution in [0.2, 0.25) is 0 Å². The third-order valence-corrected chi connectivity index (χ3v) is 7.80. The molecule has 0 aromatic heterocycles. The Morgan fingerprint density at radius 2 is 1.94 bits per heavy atom.